The molecule has 1 saturated heterocycles. The zero-order valence-corrected chi connectivity index (χ0v) is 12.6. The first-order chi connectivity index (χ1) is 10.9. The molecular weight excluding hydrogens is 276 g/mol. The van der Waals surface area contributed by atoms with Crippen molar-refractivity contribution in [2.24, 2.45) is 0 Å². The summed E-state index contributed by atoms with van der Waals surface area (Å²) in [6, 6.07) is 3.99. The standard InChI is InChI=1S/C17H20N4O/c1-2-5-14(4-1)17-19-16(13-7-10-22-11-8-13)20-21(17)15-6-3-9-18-12-15/h1-3,6,9,12-14H,4-5,7-8,10-11H2. The van der Waals surface area contributed by atoms with Gasteiger partial charge in [0, 0.05) is 31.2 Å². The SMILES string of the molecule is C1=CCC(c2nc(C3CCOCC3)nn2-c2cccnc2)C1. The van der Waals surface area contributed by atoms with E-state index in [4.69, 9.17) is 14.8 Å². The van der Waals surface area contributed by atoms with Crippen molar-refractivity contribution in [2.45, 2.75) is 37.5 Å². The Bertz CT molecular complexity index is 651. The van der Waals surface area contributed by atoms with E-state index in [2.05, 4.69) is 17.1 Å². The molecule has 1 aliphatic carbocycles. The lowest BCUT2D eigenvalue weighted by Crippen LogP contribution is -2.15. The minimum absolute atomic E-state index is 0.416. The Morgan fingerprint density at radius 2 is 1.91 bits per heavy atom. The predicted molar refractivity (Wildman–Crippen MR) is 83.1 cm³/mol. The number of ether oxygens (including phenoxy) is 1. The molecule has 0 aromatic carbocycles. The summed E-state index contributed by atoms with van der Waals surface area (Å²) in [6.07, 6.45) is 12.2. The van der Waals surface area contributed by atoms with Crippen LogP contribution in [0.4, 0.5) is 0 Å². The van der Waals surface area contributed by atoms with Crippen molar-refractivity contribution in [1.82, 2.24) is 19.7 Å². The zero-order valence-electron chi connectivity index (χ0n) is 12.6. The topological polar surface area (TPSA) is 52.8 Å². The molecule has 5 heteroatoms. The minimum Gasteiger partial charge on any atom is -0.381 e. The van der Waals surface area contributed by atoms with Gasteiger partial charge in [0.2, 0.25) is 0 Å². The summed E-state index contributed by atoms with van der Waals surface area (Å²) in [5.74, 6) is 2.88. The molecule has 3 heterocycles. The number of allylic oxidation sites excluding steroid dienone is 2. The molecule has 0 N–H and O–H groups in total. The van der Waals surface area contributed by atoms with E-state index >= 15 is 0 Å². The van der Waals surface area contributed by atoms with Crippen LogP contribution in [0.3, 0.4) is 0 Å². The van der Waals surface area contributed by atoms with E-state index in [1.54, 1.807) is 6.20 Å². The molecule has 22 heavy (non-hydrogen) atoms. The van der Waals surface area contributed by atoms with Crippen LogP contribution < -0.4 is 0 Å². The maximum absolute atomic E-state index is 5.46. The van der Waals surface area contributed by atoms with Gasteiger partial charge in [0.1, 0.15) is 5.82 Å². The van der Waals surface area contributed by atoms with Crippen LogP contribution in [-0.2, 0) is 4.74 Å². The number of aromatic nitrogens is 4. The minimum atomic E-state index is 0.416. The Balaban J connectivity index is 1.72. The molecule has 0 bridgehead atoms. The number of nitrogens with zero attached hydrogens (tertiary/aromatic N) is 4. The summed E-state index contributed by atoms with van der Waals surface area (Å²) in [5.41, 5.74) is 0.996. The lowest BCUT2D eigenvalue weighted by Gasteiger charge is -2.18. The third kappa shape index (κ3) is 2.57. The van der Waals surface area contributed by atoms with Crippen molar-refractivity contribution in [3.05, 3.63) is 48.3 Å². The van der Waals surface area contributed by atoms with E-state index in [0.717, 1.165) is 56.2 Å². The molecule has 4 rings (SSSR count). The van der Waals surface area contributed by atoms with Crippen LogP contribution in [0.2, 0.25) is 0 Å². The smallest absolute Gasteiger partial charge is 0.154 e. The lowest BCUT2D eigenvalue weighted by molar-refractivity contribution is 0.0836. The second-order valence-electron chi connectivity index (χ2n) is 5.98. The summed E-state index contributed by atoms with van der Waals surface area (Å²) >= 11 is 0. The molecule has 114 valence electrons. The highest BCUT2D eigenvalue weighted by Crippen LogP contribution is 2.32. The number of hydrogen-bond acceptors (Lipinski definition) is 4. The van der Waals surface area contributed by atoms with Crippen LogP contribution in [0.1, 0.15) is 49.2 Å². The van der Waals surface area contributed by atoms with Gasteiger partial charge in [0.15, 0.2) is 5.82 Å². The van der Waals surface area contributed by atoms with Crippen LogP contribution in [0.25, 0.3) is 5.69 Å². The first kappa shape index (κ1) is 13.6. The van der Waals surface area contributed by atoms with E-state index in [1.165, 1.54) is 0 Å². The van der Waals surface area contributed by atoms with Gasteiger partial charge >= 0.3 is 0 Å². The fraction of sp³-hybridized carbons (Fsp3) is 0.471. The first-order valence-electron chi connectivity index (χ1n) is 8.02. The van der Waals surface area contributed by atoms with Gasteiger partial charge in [-0.15, -0.1) is 0 Å². The van der Waals surface area contributed by atoms with E-state index < -0.39 is 0 Å². The molecule has 2 aliphatic rings. The third-order valence-electron chi connectivity index (χ3n) is 4.50. The van der Waals surface area contributed by atoms with Gasteiger partial charge in [-0.25, -0.2) is 9.67 Å². The highest BCUT2D eigenvalue weighted by atomic mass is 16.5. The lowest BCUT2D eigenvalue weighted by atomic mass is 10.00. The second kappa shape index (κ2) is 6.01. The Hall–Kier alpha value is -2.01. The van der Waals surface area contributed by atoms with Crippen LogP contribution in [-0.4, -0.2) is 33.0 Å². The quantitative estimate of drug-likeness (QED) is 0.817. The van der Waals surface area contributed by atoms with Crippen LogP contribution in [0, 0.1) is 0 Å². The third-order valence-corrected chi connectivity index (χ3v) is 4.50. The Morgan fingerprint density at radius 1 is 1.09 bits per heavy atom. The molecule has 0 amide bonds. The van der Waals surface area contributed by atoms with Gasteiger partial charge < -0.3 is 4.74 Å². The fourth-order valence-electron chi connectivity index (χ4n) is 3.23. The summed E-state index contributed by atoms with van der Waals surface area (Å²) in [6.45, 7) is 1.62. The van der Waals surface area contributed by atoms with E-state index in [9.17, 15) is 0 Å². The van der Waals surface area contributed by atoms with Crippen molar-refractivity contribution < 1.29 is 4.74 Å². The Morgan fingerprint density at radius 3 is 2.64 bits per heavy atom. The molecule has 5 nitrogen and oxygen atoms in total. The van der Waals surface area contributed by atoms with Gasteiger partial charge in [0.05, 0.1) is 11.9 Å². The number of rotatable bonds is 3. The monoisotopic (exact) mass is 296 g/mol. The van der Waals surface area contributed by atoms with E-state index in [0.29, 0.717) is 11.8 Å². The average Bonchev–Trinajstić information content (AvgIpc) is 3.26. The molecule has 2 aromatic heterocycles. The van der Waals surface area contributed by atoms with E-state index in [1.807, 2.05) is 23.0 Å². The molecule has 1 fully saturated rings. The Labute approximate surface area is 130 Å². The van der Waals surface area contributed by atoms with E-state index in [-0.39, 0.29) is 0 Å². The predicted octanol–water partition coefficient (Wildman–Crippen LogP) is 2.99. The van der Waals surface area contributed by atoms with Gasteiger partial charge in [-0.1, -0.05) is 12.2 Å². The van der Waals surface area contributed by atoms with Gasteiger partial charge in [-0.05, 0) is 37.8 Å². The highest BCUT2D eigenvalue weighted by molar-refractivity contribution is 5.30. The molecule has 0 saturated carbocycles. The molecule has 2 aromatic rings. The summed E-state index contributed by atoms with van der Waals surface area (Å²) < 4.78 is 7.46. The number of hydrogen-bond donors (Lipinski definition) is 0. The Kier molecular flexibility index (Phi) is 3.72. The van der Waals surface area contributed by atoms with Crippen molar-refractivity contribution in [3.8, 4) is 5.69 Å². The summed E-state index contributed by atoms with van der Waals surface area (Å²) in [7, 11) is 0. The molecule has 0 atom stereocenters. The van der Waals surface area contributed by atoms with Gasteiger partial charge in [-0.3, -0.25) is 4.98 Å². The molecular formula is C17H20N4O. The maximum Gasteiger partial charge on any atom is 0.154 e. The van der Waals surface area contributed by atoms with Crippen molar-refractivity contribution in [1.29, 1.82) is 0 Å². The summed E-state index contributed by atoms with van der Waals surface area (Å²) in [5, 5.41) is 4.83. The molecule has 1 aliphatic heterocycles. The molecule has 0 unspecified atom stereocenters. The summed E-state index contributed by atoms with van der Waals surface area (Å²) in [4.78, 5) is 9.15. The van der Waals surface area contributed by atoms with Crippen LogP contribution in [0.15, 0.2) is 36.7 Å². The zero-order chi connectivity index (χ0) is 14.8. The van der Waals surface area contributed by atoms with Crippen molar-refractivity contribution >= 4 is 0 Å². The number of pyridine rings is 1. The van der Waals surface area contributed by atoms with Crippen LogP contribution >= 0.6 is 0 Å². The average molecular weight is 296 g/mol. The maximum atomic E-state index is 5.46. The van der Waals surface area contributed by atoms with Crippen LogP contribution in [0.5, 0.6) is 0 Å². The van der Waals surface area contributed by atoms with Gasteiger partial charge in [-0.2, -0.15) is 5.10 Å². The molecule has 0 radical (unpaired) electrons. The first-order valence-corrected chi connectivity index (χ1v) is 8.02. The van der Waals surface area contributed by atoms with Gasteiger partial charge in [0.25, 0.3) is 0 Å². The normalized spacial score (nSPS) is 19.8. The highest BCUT2D eigenvalue weighted by Gasteiger charge is 2.26. The fourth-order valence-corrected chi connectivity index (χ4v) is 3.23. The largest absolute Gasteiger partial charge is 0.381 e. The second-order valence-corrected chi connectivity index (χ2v) is 5.98. The molecule has 0 spiro atoms. The van der Waals surface area contributed by atoms with Crippen molar-refractivity contribution in [2.75, 3.05) is 13.2 Å². The van der Waals surface area contributed by atoms with Crippen molar-refractivity contribution in [3.63, 3.8) is 0 Å².